The van der Waals surface area contributed by atoms with Gasteiger partial charge in [-0.2, -0.15) is 0 Å². The van der Waals surface area contributed by atoms with Crippen LogP contribution in [-0.4, -0.2) is 18.9 Å². The van der Waals surface area contributed by atoms with Gasteiger partial charge >= 0.3 is 0 Å². The Balaban J connectivity index is 2.23. The van der Waals surface area contributed by atoms with Crippen LogP contribution in [0, 0.1) is 6.92 Å². The number of benzene rings is 1. The first-order chi connectivity index (χ1) is 10.0. The van der Waals surface area contributed by atoms with E-state index in [4.69, 9.17) is 14.9 Å². The summed E-state index contributed by atoms with van der Waals surface area (Å²) in [5.74, 6) is -0.366. The number of carbonyl (C=O) groups excluding carboxylic acids is 2. The molecule has 0 aliphatic heterocycles. The highest BCUT2D eigenvalue weighted by Gasteiger charge is 2.16. The van der Waals surface area contributed by atoms with Crippen molar-refractivity contribution in [2.45, 2.75) is 13.5 Å². The van der Waals surface area contributed by atoms with Gasteiger partial charge in [0, 0.05) is 7.11 Å². The summed E-state index contributed by atoms with van der Waals surface area (Å²) in [5.41, 5.74) is 6.68. The second-order valence-corrected chi connectivity index (χ2v) is 4.51. The van der Waals surface area contributed by atoms with Gasteiger partial charge in [-0.05, 0) is 30.7 Å². The Bertz CT molecular complexity index is 676. The molecule has 0 aliphatic carbocycles. The molecule has 1 aromatic heterocycles. The molecule has 0 radical (unpaired) electrons. The molecule has 0 fully saturated rings. The van der Waals surface area contributed by atoms with E-state index in [9.17, 15) is 9.59 Å². The average Bonchev–Trinajstić information content (AvgIpc) is 2.87. The number of hydrogen-bond acceptors (Lipinski definition) is 4. The number of nitrogens with one attached hydrogen (secondary N) is 1. The Morgan fingerprint density at radius 2 is 2.05 bits per heavy atom. The minimum atomic E-state index is -0.595. The number of ether oxygens (including phenoxy) is 1. The smallest absolute Gasteiger partial charge is 0.291 e. The van der Waals surface area contributed by atoms with Crippen LogP contribution in [0.1, 0.15) is 32.2 Å². The largest absolute Gasteiger partial charge is 0.453 e. The van der Waals surface area contributed by atoms with Crippen molar-refractivity contribution < 1.29 is 18.7 Å². The maximum absolute atomic E-state index is 12.1. The number of rotatable bonds is 5. The normalized spacial score (nSPS) is 10.4. The van der Waals surface area contributed by atoms with Crippen LogP contribution >= 0.6 is 0 Å². The molecule has 3 N–H and O–H groups in total. The topological polar surface area (TPSA) is 94.6 Å². The summed E-state index contributed by atoms with van der Waals surface area (Å²) in [5, 5.41) is 2.63. The molecule has 1 heterocycles. The summed E-state index contributed by atoms with van der Waals surface area (Å²) in [7, 11) is 1.54. The molecular weight excluding hydrogens is 272 g/mol. The van der Waals surface area contributed by atoms with Gasteiger partial charge in [0.05, 0.1) is 11.3 Å². The van der Waals surface area contributed by atoms with Crippen LogP contribution in [-0.2, 0) is 11.3 Å². The van der Waals surface area contributed by atoms with Gasteiger partial charge in [-0.25, -0.2) is 0 Å². The van der Waals surface area contributed by atoms with Crippen LogP contribution in [0.25, 0.3) is 0 Å². The fraction of sp³-hybridized carbons (Fsp3) is 0.200. The van der Waals surface area contributed by atoms with Gasteiger partial charge in [-0.1, -0.05) is 12.1 Å². The number of primary amides is 1. The lowest BCUT2D eigenvalue weighted by atomic mass is 10.1. The van der Waals surface area contributed by atoms with E-state index in [1.165, 1.54) is 7.11 Å². The minimum absolute atomic E-state index is 0.138. The SMILES string of the molecule is COCc1ccc(C(=O)Nc2cccc(C)c2C(N)=O)o1. The highest BCUT2D eigenvalue weighted by atomic mass is 16.5. The monoisotopic (exact) mass is 288 g/mol. The molecule has 1 aromatic carbocycles. The summed E-state index contributed by atoms with van der Waals surface area (Å²) < 4.78 is 10.3. The molecular formula is C15H16N2O4. The first-order valence-corrected chi connectivity index (χ1v) is 6.31. The second-order valence-electron chi connectivity index (χ2n) is 4.51. The van der Waals surface area contributed by atoms with Crippen LogP contribution in [0.5, 0.6) is 0 Å². The number of furan rings is 1. The number of anilines is 1. The van der Waals surface area contributed by atoms with Crippen molar-refractivity contribution in [3.05, 3.63) is 53.0 Å². The molecule has 0 saturated heterocycles. The van der Waals surface area contributed by atoms with Crippen LogP contribution in [0.3, 0.4) is 0 Å². The molecule has 0 saturated carbocycles. The first-order valence-electron chi connectivity index (χ1n) is 6.31. The number of aryl methyl sites for hydroxylation is 1. The van der Waals surface area contributed by atoms with E-state index in [-0.39, 0.29) is 17.9 Å². The van der Waals surface area contributed by atoms with Gasteiger partial charge in [0.1, 0.15) is 12.4 Å². The number of methoxy groups -OCH3 is 1. The number of carbonyl (C=O) groups is 2. The van der Waals surface area contributed by atoms with Crippen molar-refractivity contribution in [2.75, 3.05) is 12.4 Å². The highest BCUT2D eigenvalue weighted by molar-refractivity contribution is 6.08. The molecule has 110 valence electrons. The number of nitrogens with two attached hydrogens (primary N) is 1. The molecule has 0 bridgehead atoms. The highest BCUT2D eigenvalue weighted by Crippen LogP contribution is 2.20. The van der Waals surface area contributed by atoms with Crippen molar-refractivity contribution in [3.63, 3.8) is 0 Å². The summed E-state index contributed by atoms with van der Waals surface area (Å²) in [6, 6.07) is 8.30. The molecule has 2 amide bonds. The lowest BCUT2D eigenvalue weighted by molar-refractivity contribution is 0.0987. The Hall–Kier alpha value is -2.60. The second kappa shape index (κ2) is 6.23. The molecule has 2 rings (SSSR count). The zero-order valence-corrected chi connectivity index (χ0v) is 11.8. The molecule has 0 spiro atoms. The van der Waals surface area contributed by atoms with Gasteiger partial charge in [0.15, 0.2) is 5.76 Å². The van der Waals surface area contributed by atoms with Crippen LogP contribution in [0.15, 0.2) is 34.7 Å². The quantitative estimate of drug-likeness (QED) is 0.880. The van der Waals surface area contributed by atoms with Gasteiger partial charge in [0.2, 0.25) is 0 Å². The standard InChI is InChI=1S/C15H16N2O4/c1-9-4-3-5-11(13(9)14(16)18)17-15(19)12-7-6-10(21-12)8-20-2/h3-7H,8H2,1-2H3,(H2,16,18)(H,17,19). The fourth-order valence-corrected chi connectivity index (χ4v) is 2.00. The van der Waals surface area contributed by atoms with Crippen LogP contribution in [0.2, 0.25) is 0 Å². The van der Waals surface area contributed by atoms with Gasteiger partial charge < -0.3 is 20.2 Å². The van der Waals surface area contributed by atoms with Crippen LogP contribution < -0.4 is 11.1 Å². The molecule has 0 atom stereocenters. The minimum Gasteiger partial charge on any atom is -0.453 e. The number of amides is 2. The molecule has 0 unspecified atom stereocenters. The van der Waals surface area contributed by atoms with Crippen molar-refractivity contribution in [3.8, 4) is 0 Å². The molecule has 6 heteroatoms. The Morgan fingerprint density at radius 1 is 1.29 bits per heavy atom. The zero-order valence-electron chi connectivity index (χ0n) is 11.8. The molecule has 0 aliphatic rings. The summed E-state index contributed by atoms with van der Waals surface area (Å²) in [6.07, 6.45) is 0. The third-order valence-corrected chi connectivity index (χ3v) is 2.94. The summed E-state index contributed by atoms with van der Waals surface area (Å²) >= 11 is 0. The van der Waals surface area contributed by atoms with Crippen molar-refractivity contribution in [2.24, 2.45) is 5.73 Å². The zero-order chi connectivity index (χ0) is 15.4. The molecule has 21 heavy (non-hydrogen) atoms. The number of hydrogen-bond donors (Lipinski definition) is 2. The lowest BCUT2D eigenvalue weighted by Crippen LogP contribution is -2.19. The van der Waals surface area contributed by atoms with E-state index >= 15 is 0 Å². The Kier molecular flexibility index (Phi) is 4.39. The van der Waals surface area contributed by atoms with E-state index in [0.717, 1.165) is 0 Å². The third-order valence-electron chi connectivity index (χ3n) is 2.94. The van der Waals surface area contributed by atoms with Gasteiger partial charge in [-0.3, -0.25) is 9.59 Å². The molecule has 2 aromatic rings. The maximum Gasteiger partial charge on any atom is 0.291 e. The maximum atomic E-state index is 12.1. The summed E-state index contributed by atoms with van der Waals surface area (Å²) in [4.78, 5) is 23.6. The predicted molar refractivity (Wildman–Crippen MR) is 77.1 cm³/mol. The first kappa shape index (κ1) is 14.8. The average molecular weight is 288 g/mol. The van der Waals surface area contributed by atoms with E-state index in [2.05, 4.69) is 5.32 Å². The Morgan fingerprint density at radius 3 is 2.71 bits per heavy atom. The predicted octanol–water partition coefficient (Wildman–Crippen LogP) is 2.09. The van der Waals surface area contributed by atoms with E-state index < -0.39 is 11.8 Å². The summed E-state index contributed by atoms with van der Waals surface area (Å²) in [6.45, 7) is 2.03. The van der Waals surface area contributed by atoms with Crippen molar-refractivity contribution in [1.82, 2.24) is 0 Å². The van der Waals surface area contributed by atoms with E-state index in [1.807, 2.05) is 0 Å². The van der Waals surface area contributed by atoms with E-state index in [1.54, 1.807) is 37.3 Å². The van der Waals surface area contributed by atoms with E-state index in [0.29, 0.717) is 17.0 Å². The van der Waals surface area contributed by atoms with Crippen molar-refractivity contribution in [1.29, 1.82) is 0 Å². The molecule has 6 nitrogen and oxygen atoms in total. The third kappa shape index (κ3) is 3.29. The Labute approximate surface area is 121 Å². The van der Waals surface area contributed by atoms with Crippen LogP contribution in [0.4, 0.5) is 5.69 Å². The lowest BCUT2D eigenvalue weighted by Gasteiger charge is -2.10. The van der Waals surface area contributed by atoms with Crippen molar-refractivity contribution >= 4 is 17.5 Å². The van der Waals surface area contributed by atoms with Gasteiger partial charge in [-0.15, -0.1) is 0 Å². The fourth-order valence-electron chi connectivity index (χ4n) is 2.00. The van der Waals surface area contributed by atoms with Gasteiger partial charge in [0.25, 0.3) is 11.8 Å².